The number of allylic oxidation sites excluding steroid dienone is 1. The normalized spacial score (nSPS) is 33.0. The molecule has 0 aromatic carbocycles. The van der Waals surface area contributed by atoms with Crippen LogP contribution in [0.4, 0.5) is 0 Å². The molecule has 0 saturated carbocycles. The van der Waals surface area contributed by atoms with Crippen molar-refractivity contribution in [1.82, 2.24) is 4.98 Å². The van der Waals surface area contributed by atoms with Crippen molar-refractivity contribution in [3.05, 3.63) is 33.8 Å². The molecule has 6 atom stereocenters. The lowest BCUT2D eigenvalue weighted by Gasteiger charge is -2.28. The van der Waals surface area contributed by atoms with Crippen LogP contribution < -0.4 is 0 Å². The molecule has 178 valence electrons. The topological polar surface area (TPSA) is 96.7 Å². The van der Waals surface area contributed by atoms with E-state index >= 15 is 0 Å². The average Bonchev–Trinajstić information content (AvgIpc) is 3.16. The number of hydrogen-bond acceptors (Lipinski definition) is 7. The van der Waals surface area contributed by atoms with Crippen molar-refractivity contribution < 1.29 is 24.5 Å². The maximum atomic E-state index is 12.8. The van der Waals surface area contributed by atoms with Crippen LogP contribution in [0.25, 0.3) is 6.08 Å². The number of carbonyl (C=O) groups is 2. The lowest BCUT2D eigenvalue weighted by molar-refractivity contribution is -0.151. The molecule has 0 radical (unpaired) electrons. The van der Waals surface area contributed by atoms with Gasteiger partial charge in [-0.05, 0) is 50.7 Å². The Balaban J connectivity index is 2.21. The van der Waals surface area contributed by atoms with Crippen molar-refractivity contribution in [1.29, 1.82) is 0 Å². The zero-order valence-electron chi connectivity index (χ0n) is 19.8. The lowest BCUT2D eigenvalue weighted by atomic mass is 9.81. The SMILES string of the molecule is C/C(=C\c1csc(C)n1)[C@@H]1C/C=C\CCC[C@H](C)[C@H](O)[C@@H](C)C(=O)[C@H](C)[C@@H](O)CC(=O)O1. The Bertz CT molecular complexity index is 830. The molecule has 2 rings (SSSR count). The number of nitrogens with zero attached hydrogens (tertiary/aromatic N) is 1. The van der Waals surface area contributed by atoms with Crippen molar-refractivity contribution in [2.24, 2.45) is 17.8 Å². The highest BCUT2D eigenvalue weighted by molar-refractivity contribution is 7.09. The van der Waals surface area contributed by atoms with Gasteiger partial charge in [-0.15, -0.1) is 11.3 Å². The van der Waals surface area contributed by atoms with Crippen molar-refractivity contribution >= 4 is 29.2 Å². The van der Waals surface area contributed by atoms with E-state index in [1.807, 2.05) is 38.3 Å². The number of cyclic esters (lactones) is 1. The van der Waals surface area contributed by atoms with Crippen LogP contribution in [0.15, 0.2) is 23.1 Å². The molecule has 6 nitrogen and oxygen atoms in total. The minimum atomic E-state index is -1.16. The van der Waals surface area contributed by atoms with E-state index in [0.717, 1.165) is 35.5 Å². The number of aliphatic hydroxyl groups is 2. The van der Waals surface area contributed by atoms with Gasteiger partial charge in [0.25, 0.3) is 0 Å². The molecular formula is C25H37NO5S. The monoisotopic (exact) mass is 463 g/mol. The maximum absolute atomic E-state index is 12.8. The van der Waals surface area contributed by atoms with Crippen LogP contribution >= 0.6 is 11.3 Å². The molecule has 1 aromatic rings. The van der Waals surface area contributed by atoms with Crippen molar-refractivity contribution in [2.45, 2.75) is 85.0 Å². The van der Waals surface area contributed by atoms with E-state index in [1.165, 1.54) is 0 Å². The quantitative estimate of drug-likeness (QED) is 0.496. The second-order valence-corrected chi connectivity index (χ2v) is 10.1. The number of Topliss-reactive ketones (excluding diaryl/α,β-unsaturated/α-hetero) is 1. The molecular weight excluding hydrogens is 426 g/mol. The summed E-state index contributed by atoms with van der Waals surface area (Å²) < 4.78 is 5.71. The first-order valence-electron chi connectivity index (χ1n) is 11.4. The van der Waals surface area contributed by atoms with Crippen molar-refractivity contribution in [3.63, 3.8) is 0 Å². The largest absolute Gasteiger partial charge is 0.457 e. The Morgan fingerprint density at radius 2 is 1.91 bits per heavy atom. The van der Waals surface area contributed by atoms with Crippen LogP contribution in [0.1, 0.15) is 70.5 Å². The fourth-order valence-electron chi connectivity index (χ4n) is 3.99. The molecule has 0 spiro atoms. The summed E-state index contributed by atoms with van der Waals surface area (Å²) in [7, 11) is 0. The van der Waals surface area contributed by atoms with E-state index in [9.17, 15) is 19.8 Å². The number of carbonyl (C=O) groups excluding carboxylic acids is 2. The van der Waals surface area contributed by atoms with Crippen LogP contribution in [-0.2, 0) is 14.3 Å². The standard InChI is InChI=1S/C25H37NO5S/c1-15-10-8-6-7-9-11-22(16(2)12-20-14-32-19(5)26-20)31-23(28)13-21(27)17(3)25(30)18(4)24(15)29/h7,9,12,14-15,17-18,21-22,24,27,29H,6,8,10-11,13H2,1-5H3/b9-7-,16-12+/t15-,17+,18+,21-,22-,24-/m0/s1. The van der Waals surface area contributed by atoms with Gasteiger partial charge in [0.05, 0.1) is 29.3 Å². The molecule has 1 aliphatic heterocycles. The Labute approximate surface area is 195 Å². The van der Waals surface area contributed by atoms with Crippen LogP contribution in [-0.4, -0.2) is 45.3 Å². The van der Waals surface area contributed by atoms with Crippen LogP contribution in [0.2, 0.25) is 0 Å². The van der Waals surface area contributed by atoms with E-state index in [1.54, 1.807) is 25.2 Å². The number of aromatic nitrogens is 1. The molecule has 0 bridgehead atoms. The van der Waals surface area contributed by atoms with Crippen molar-refractivity contribution in [2.75, 3.05) is 0 Å². The van der Waals surface area contributed by atoms with E-state index in [-0.39, 0.29) is 18.1 Å². The molecule has 0 amide bonds. The number of thiazole rings is 1. The summed E-state index contributed by atoms with van der Waals surface area (Å²) in [6, 6.07) is 0. The number of hydrogen-bond donors (Lipinski definition) is 2. The highest BCUT2D eigenvalue weighted by Gasteiger charge is 2.34. The first-order chi connectivity index (χ1) is 15.1. The molecule has 0 aliphatic carbocycles. The maximum Gasteiger partial charge on any atom is 0.309 e. The Morgan fingerprint density at radius 3 is 2.56 bits per heavy atom. The van der Waals surface area contributed by atoms with Gasteiger partial charge in [0.2, 0.25) is 0 Å². The van der Waals surface area contributed by atoms with Crippen LogP contribution in [0.3, 0.4) is 0 Å². The second kappa shape index (κ2) is 12.4. The highest BCUT2D eigenvalue weighted by atomic mass is 32.1. The third-order valence-corrected chi connectivity index (χ3v) is 7.08. The van der Waals surface area contributed by atoms with Gasteiger partial charge in [0.1, 0.15) is 11.9 Å². The number of aryl methyl sites for hydroxylation is 1. The van der Waals surface area contributed by atoms with Gasteiger partial charge in [-0.3, -0.25) is 9.59 Å². The molecule has 32 heavy (non-hydrogen) atoms. The smallest absolute Gasteiger partial charge is 0.309 e. The van der Waals surface area contributed by atoms with E-state index < -0.39 is 36.1 Å². The Morgan fingerprint density at radius 1 is 1.19 bits per heavy atom. The third-order valence-electron chi connectivity index (χ3n) is 6.29. The summed E-state index contributed by atoms with van der Waals surface area (Å²) in [5, 5.41) is 24.0. The van der Waals surface area contributed by atoms with E-state index in [4.69, 9.17) is 4.74 Å². The zero-order valence-corrected chi connectivity index (χ0v) is 20.6. The predicted molar refractivity (Wildman–Crippen MR) is 127 cm³/mol. The average molecular weight is 464 g/mol. The Kier molecular flexibility index (Phi) is 10.3. The number of ketones is 1. The summed E-state index contributed by atoms with van der Waals surface area (Å²) >= 11 is 1.56. The minimum Gasteiger partial charge on any atom is -0.457 e. The number of aliphatic hydroxyl groups excluding tert-OH is 2. The van der Waals surface area contributed by atoms with Gasteiger partial charge < -0.3 is 14.9 Å². The molecule has 7 heteroatoms. The molecule has 0 fully saturated rings. The summed E-state index contributed by atoms with van der Waals surface area (Å²) in [6.45, 7) is 9.10. The van der Waals surface area contributed by atoms with E-state index in [2.05, 4.69) is 11.1 Å². The fourth-order valence-corrected chi connectivity index (χ4v) is 4.56. The Hall–Kier alpha value is -1.83. The van der Waals surface area contributed by atoms with Crippen molar-refractivity contribution in [3.8, 4) is 0 Å². The zero-order chi connectivity index (χ0) is 23.8. The van der Waals surface area contributed by atoms with Crippen LogP contribution in [0.5, 0.6) is 0 Å². The number of rotatable bonds is 2. The highest BCUT2D eigenvalue weighted by Crippen LogP contribution is 2.25. The molecule has 1 aromatic heterocycles. The summed E-state index contributed by atoms with van der Waals surface area (Å²) in [5.74, 6) is -2.17. The molecule has 0 unspecified atom stereocenters. The third kappa shape index (κ3) is 7.64. The molecule has 2 N–H and O–H groups in total. The summed E-state index contributed by atoms with van der Waals surface area (Å²) in [5.41, 5.74) is 1.70. The van der Waals surface area contributed by atoms with Gasteiger partial charge in [0, 0.05) is 23.6 Å². The first-order valence-corrected chi connectivity index (χ1v) is 12.3. The molecule has 0 saturated heterocycles. The molecule has 2 heterocycles. The van der Waals surface area contributed by atoms with Gasteiger partial charge in [-0.1, -0.05) is 32.9 Å². The first kappa shape index (κ1) is 26.4. The fraction of sp³-hybridized carbons (Fsp3) is 0.640. The van der Waals surface area contributed by atoms with Gasteiger partial charge >= 0.3 is 5.97 Å². The summed E-state index contributed by atoms with van der Waals surface area (Å²) in [6.07, 6.45) is 6.41. The van der Waals surface area contributed by atoms with Gasteiger partial charge in [-0.25, -0.2) is 4.98 Å². The van der Waals surface area contributed by atoms with Gasteiger partial charge in [0.15, 0.2) is 0 Å². The second-order valence-electron chi connectivity index (χ2n) is 9.02. The van der Waals surface area contributed by atoms with Gasteiger partial charge in [-0.2, -0.15) is 0 Å². The number of ether oxygens (including phenoxy) is 1. The molecule has 1 aliphatic rings. The number of esters is 1. The summed E-state index contributed by atoms with van der Waals surface area (Å²) in [4.78, 5) is 29.8. The predicted octanol–water partition coefficient (Wildman–Crippen LogP) is 4.49. The van der Waals surface area contributed by atoms with E-state index in [0.29, 0.717) is 6.42 Å². The van der Waals surface area contributed by atoms with Crippen LogP contribution in [0, 0.1) is 24.7 Å². The lowest BCUT2D eigenvalue weighted by Crippen LogP contribution is -2.39. The minimum absolute atomic E-state index is 0.0240.